The third kappa shape index (κ3) is 3.21. The molecule has 0 aliphatic heterocycles. The van der Waals surface area contributed by atoms with E-state index in [9.17, 15) is 9.59 Å². The highest BCUT2D eigenvalue weighted by Crippen LogP contribution is 2.13. The number of carbonyl (C=O) groups is 1. The Morgan fingerprint density at radius 3 is 2.62 bits per heavy atom. The predicted molar refractivity (Wildman–Crippen MR) is 78.3 cm³/mol. The molecule has 21 heavy (non-hydrogen) atoms. The highest BCUT2D eigenvalue weighted by molar-refractivity contribution is 5.91. The van der Waals surface area contributed by atoms with Gasteiger partial charge >= 0.3 is 0 Å². The number of hydrogen-bond donors (Lipinski definition) is 1. The first-order valence-electron chi connectivity index (χ1n) is 6.85. The van der Waals surface area contributed by atoms with Crippen molar-refractivity contribution in [2.75, 3.05) is 0 Å². The van der Waals surface area contributed by atoms with Crippen LogP contribution in [0.25, 0.3) is 0 Å². The molecule has 6 heteroatoms. The predicted octanol–water partition coefficient (Wildman–Crippen LogP) is 1.71. The lowest BCUT2D eigenvalue weighted by atomic mass is 10.2. The summed E-state index contributed by atoms with van der Waals surface area (Å²) < 4.78 is 7.15. The van der Waals surface area contributed by atoms with Gasteiger partial charge in [-0.15, -0.1) is 0 Å². The molecule has 0 spiro atoms. The van der Waals surface area contributed by atoms with Gasteiger partial charge < -0.3 is 9.73 Å². The van der Waals surface area contributed by atoms with Gasteiger partial charge in [0.2, 0.25) is 0 Å². The largest absolute Gasteiger partial charge is 0.456 e. The minimum absolute atomic E-state index is 0.0261. The Kier molecular flexibility index (Phi) is 4.26. The lowest BCUT2D eigenvalue weighted by molar-refractivity contribution is 0.0919. The number of aromatic nitrogens is 2. The lowest BCUT2D eigenvalue weighted by Crippen LogP contribution is -2.24. The fraction of sp³-hybridized carbons (Fsp3) is 0.400. The molecule has 0 aliphatic carbocycles. The maximum atomic E-state index is 12.1. The zero-order chi connectivity index (χ0) is 15.6. The molecule has 0 aromatic carbocycles. The average Bonchev–Trinajstić information content (AvgIpc) is 2.69. The number of rotatable bonds is 4. The molecule has 2 aromatic rings. The third-order valence-electron chi connectivity index (χ3n) is 3.37. The molecular formula is C15H19N3O3. The van der Waals surface area contributed by atoms with Crippen molar-refractivity contribution in [3.63, 3.8) is 0 Å². The van der Waals surface area contributed by atoms with Crippen LogP contribution < -0.4 is 10.7 Å². The van der Waals surface area contributed by atoms with Crippen LogP contribution in [-0.2, 0) is 13.1 Å². The monoisotopic (exact) mass is 289 g/mol. The zero-order valence-corrected chi connectivity index (χ0v) is 12.7. The topological polar surface area (TPSA) is 77.1 Å². The molecule has 6 nitrogen and oxygen atoms in total. The van der Waals surface area contributed by atoms with Crippen LogP contribution in [0.1, 0.15) is 40.2 Å². The molecule has 2 heterocycles. The Labute approximate surface area is 122 Å². The molecule has 2 aromatic heterocycles. The quantitative estimate of drug-likeness (QED) is 0.929. The summed E-state index contributed by atoms with van der Waals surface area (Å²) in [6.07, 6.45) is 0. The molecule has 0 saturated heterocycles. The van der Waals surface area contributed by atoms with Crippen molar-refractivity contribution in [3.05, 3.63) is 50.8 Å². The van der Waals surface area contributed by atoms with E-state index in [0.29, 0.717) is 12.3 Å². The van der Waals surface area contributed by atoms with E-state index in [1.807, 2.05) is 25.5 Å². The van der Waals surface area contributed by atoms with Gasteiger partial charge in [-0.25, -0.2) is 0 Å². The van der Waals surface area contributed by atoms with Crippen LogP contribution in [0.5, 0.6) is 0 Å². The lowest BCUT2D eigenvalue weighted by Gasteiger charge is -2.06. The van der Waals surface area contributed by atoms with Gasteiger partial charge in [0.1, 0.15) is 5.76 Å². The molecule has 0 unspecified atom stereocenters. The molecule has 0 bridgehead atoms. The molecule has 2 rings (SSSR count). The van der Waals surface area contributed by atoms with E-state index in [1.165, 1.54) is 12.1 Å². The smallest absolute Gasteiger partial charge is 0.287 e. The summed E-state index contributed by atoms with van der Waals surface area (Å²) in [5.74, 6) is 0.0378. The Balaban J connectivity index is 2.14. The molecule has 0 saturated carbocycles. The molecule has 1 amide bonds. The van der Waals surface area contributed by atoms with E-state index in [1.54, 1.807) is 6.92 Å². The summed E-state index contributed by atoms with van der Waals surface area (Å²) >= 11 is 0. The van der Waals surface area contributed by atoms with Crippen molar-refractivity contribution in [1.29, 1.82) is 0 Å². The minimum Gasteiger partial charge on any atom is -0.456 e. The summed E-state index contributed by atoms with van der Waals surface area (Å²) in [7, 11) is 0. The Morgan fingerprint density at radius 1 is 1.33 bits per heavy atom. The molecule has 0 atom stereocenters. The van der Waals surface area contributed by atoms with E-state index < -0.39 is 5.91 Å². The SMILES string of the molecule is CCn1nc(C)c(CNC(=O)c2cc(=O)cc(C)o2)c1C. The van der Waals surface area contributed by atoms with Crippen LogP contribution in [0.15, 0.2) is 21.3 Å². The van der Waals surface area contributed by atoms with Crippen molar-refractivity contribution in [2.24, 2.45) is 0 Å². The van der Waals surface area contributed by atoms with Crippen LogP contribution in [0.2, 0.25) is 0 Å². The zero-order valence-electron chi connectivity index (χ0n) is 12.7. The number of nitrogens with zero attached hydrogens (tertiary/aromatic N) is 2. The third-order valence-corrected chi connectivity index (χ3v) is 3.37. The second-order valence-corrected chi connectivity index (χ2v) is 4.92. The van der Waals surface area contributed by atoms with Gasteiger partial charge in [0.15, 0.2) is 11.2 Å². The van der Waals surface area contributed by atoms with Crippen LogP contribution in [0.4, 0.5) is 0 Å². The number of hydrogen-bond acceptors (Lipinski definition) is 4. The van der Waals surface area contributed by atoms with Crippen LogP contribution in [-0.4, -0.2) is 15.7 Å². The minimum atomic E-state index is -0.404. The number of amides is 1. The number of nitrogens with one attached hydrogen (secondary N) is 1. The first-order valence-corrected chi connectivity index (χ1v) is 6.85. The van der Waals surface area contributed by atoms with Gasteiger partial charge in [0.05, 0.1) is 5.69 Å². The summed E-state index contributed by atoms with van der Waals surface area (Å²) in [6.45, 7) is 8.67. The van der Waals surface area contributed by atoms with Gasteiger partial charge in [-0.3, -0.25) is 14.3 Å². The Morgan fingerprint density at radius 2 is 2.05 bits per heavy atom. The summed E-state index contributed by atoms with van der Waals surface area (Å²) in [6, 6.07) is 2.54. The van der Waals surface area contributed by atoms with Crippen molar-refractivity contribution in [2.45, 2.75) is 40.8 Å². The first-order chi connectivity index (χ1) is 9.92. The Bertz CT molecular complexity index is 728. The maximum absolute atomic E-state index is 12.1. The number of carbonyl (C=O) groups excluding carboxylic acids is 1. The first kappa shape index (κ1) is 15.0. The van der Waals surface area contributed by atoms with Crippen LogP contribution in [0, 0.1) is 20.8 Å². The standard InChI is InChI=1S/C15H19N3O3/c1-5-18-11(4)13(10(3)17-18)8-16-15(20)14-7-12(19)6-9(2)21-14/h6-7H,5,8H2,1-4H3,(H,16,20). The highest BCUT2D eigenvalue weighted by atomic mass is 16.3. The second-order valence-electron chi connectivity index (χ2n) is 4.92. The van der Waals surface area contributed by atoms with Crippen molar-refractivity contribution >= 4 is 5.91 Å². The maximum Gasteiger partial charge on any atom is 0.287 e. The van der Waals surface area contributed by atoms with E-state index in [-0.39, 0.29) is 11.2 Å². The molecule has 0 radical (unpaired) electrons. The van der Waals surface area contributed by atoms with Crippen LogP contribution >= 0.6 is 0 Å². The fourth-order valence-electron chi connectivity index (χ4n) is 2.27. The van der Waals surface area contributed by atoms with E-state index >= 15 is 0 Å². The molecule has 112 valence electrons. The normalized spacial score (nSPS) is 10.7. The molecule has 0 aliphatic rings. The fourth-order valence-corrected chi connectivity index (χ4v) is 2.27. The van der Waals surface area contributed by atoms with Gasteiger partial charge in [0, 0.05) is 36.5 Å². The summed E-state index contributed by atoms with van der Waals surface area (Å²) in [4.78, 5) is 23.4. The second kappa shape index (κ2) is 5.95. The van der Waals surface area contributed by atoms with E-state index in [2.05, 4.69) is 10.4 Å². The van der Waals surface area contributed by atoms with Crippen molar-refractivity contribution in [1.82, 2.24) is 15.1 Å². The van der Waals surface area contributed by atoms with Gasteiger partial charge in [0.25, 0.3) is 5.91 Å². The van der Waals surface area contributed by atoms with E-state index in [4.69, 9.17) is 4.42 Å². The van der Waals surface area contributed by atoms with E-state index in [0.717, 1.165) is 23.5 Å². The van der Waals surface area contributed by atoms with Gasteiger partial charge in [-0.2, -0.15) is 5.10 Å². The van der Waals surface area contributed by atoms with Crippen molar-refractivity contribution in [3.8, 4) is 0 Å². The van der Waals surface area contributed by atoms with Gasteiger partial charge in [-0.05, 0) is 27.7 Å². The molecular weight excluding hydrogens is 270 g/mol. The highest BCUT2D eigenvalue weighted by Gasteiger charge is 2.14. The summed E-state index contributed by atoms with van der Waals surface area (Å²) in [5, 5.41) is 7.16. The molecule has 0 fully saturated rings. The number of aryl methyl sites for hydroxylation is 3. The molecule has 1 N–H and O–H groups in total. The summed E-state index contributed by atoms with van der Waals surface area (Å²) in [5.41, 5.74) is 2.66. The van der Waals surface area contributed by atoms with Crippen molar-refractivity contribution < 1.29 is 9.21 Å². The van der Waals surface area contributed by atoms with Crippen LogP contribution in [0.3, 0.4) is 0 Å². The van der Waals surface area contributed by atoms with Gasteiger partial charge in [-0.1, -0.05) is 0 Å². The average molecular weight is 289 g/mol. The Hall–Kier alpha value is -2.37.